The highest BCUT2D eigenvalue weighted by molar-refractivity contribution is 5.86. The smallest absolute Gasteiger partial charge is 0.407 e. The van der Waals surface area contributed by atoms with Crippen LogP contribution in [0.2, 0.25) is 0 Å². The number of amides is 1. The SMILES string of the molecule is CCC(COC(=O)N[C@H]1C(=O)O[C@H]1C)C1CCCCC1. The Hall–Kier alpha value is -1.26. The first kappa shape index (κ1) is 15.1. The number of nitrogens with one attached hydrogen (secondary N) is 1. The van der Waals surface area contributed by atoms with Crippen molar-refractivity contribution in [2.75, 3.05) is 6.61 Å². The number of cyclic esters (lactones) is 1. The zero-order valence-electron chi connectivity index (χ0n) is 12.4. The summed E-state index contributed by atoms with van der Waals surface area (Å²) in [5.74, 6) is 0.731. The molecular weight excluding hydrogens is 258 g/mol. The summed E-state index contributed by atoms with van der Waals surface area (Å²) in [4.78, 5) is 22.8. The van der Waals surface area contributed by atoms with Crippen LogP contribution in [0.3, 0.4) is 0 Å². The van der Waals surface area contributed by atoms with Crippen molar-refractivity contribution in [3.05, 3.63) is 0 Å². The van der Waals surface area contributed by atoms with E-state index in [1.165, 1.54) is 32.1 Å². The molecule has 2 aliphatic rings. The van der Waals surface area contributed by atoms with Crippen LogP contribution in [0.1, 0.15) is 52.4 Å². The molecular formula is C15H25NO4. The minimum Gasteiger partial charge on any atom is -0.458 e. The molecule has 1 amide bonds. The minimum absolute atomic E-state index is 0.254. The number of alkyl carbamates (subject to hydrolysis) is 1. The first-order chi connectivity index (χ1) is 9.61. The van der Waals surface area contributed by atoms with Crippen LogP contribution in [0.25, 0.3) is 0 Å². The van der Waals surface area contributed by atoms with Crippen LogP contribution < -0.4 is 5.32 Å². The number of hydrogen-bond acceptors (Lipinski definition) is 4. The van der Waals surface area contributed by atoms with E-state index in [-0.39, 0.29) is 12.1 Å². The highest BCUT2D eigenvalue weighted by Gasteiger charge is 2.40. The summed E-state index contributed by atoms with van der Waals surface area (Å²) in [5.41, 5.74) is 0. The number of rotatable bonds is 5. The van der Waals surface area contributed by atoms with Crippen LogP contribution in [0.5, 0.6) is 0 Å². The molecule has 20 heavy (non-hydrogen) atoms. The van der Waals surface area contributed by atoms with Gasteiger partial charge in [-0.1, -0.05) is 39.0 Å². The van der Waals surface area contributed by atoms with Crippen molar-refractivity contribution in [1.82, 2.24) is 5.32 Å². The van der Waals surface area contributed by atoms with Gasteiger partial charge in [0.15, 0.2) is 6.04 Å². The first-order valence-electron chi connectivity index (χ1n) is 7.75. The lowest BCUT2D eigenvalue weighted by Gasteiger charge is -2.33. The number of hydrogen-bond donors (Lipinski definition) is 1. The second-order valence-electron chi connectivity index (χ2n) is 5.93. The summed E-state index contributed by atoms with van der Waals surface area (Å²) in [6.07, 6.45) is 6.67. The van der Waals surface area contributed by atoms with E-state index in [0.717, 1.165) is 6.42 Å². The molecule has 2 rings (SSSR count). The van der Waals surface area contributed by atoms with E-state index in [0.29, 0.717) is 18.4 Å². The van der Waals surface area contributed by atoms with E-state index >= 15 is 0 Å². The predicted molar refractivity (Wildman–Crippen MR) is 74.2 cm³/mol. The van der Waals surface area contributed by atoms with Crippen LogP contribution in [-0.2, 0) is 14.3 Å². The quantitative estimate of drug-likeness (QED) is 0.788. The van der Waals surface area contributed by atoms with Crippen molar-refractivity contribution in [2.45, 2.75) is 64.5 Å². The summed E-state index contributed by atoms with van der Waals surface area (Å²) in [6.45, 7) is 4.35. The number of ether oxygens (including phenoxy) is 2. The predicted octanol–water partition coefficient (Wildman–Crippen LogP) is 2.63. The normalized spacial score (nSPS) is 28.2. The van der Waals surface area contributed by atoms with Gasteiger partial charge in [-0.3, -0.25) is 0 Å². The fourth-order valence-electron chi connectivity index (χ4n) is 3.16. The Morgan fingerprint density at radius 1 is 1.40 bits per heavy atom. The van der Waals surface area contributed by atoms with Gasteiger partial charge in [-0.15, -0.1) is 0 Å². The van der Waals surface area contributed by atoms with Crippen molar-refractivity contribution in [2.24, 2.45) is 11.8 Å². The largest absolute Gasteiger partial charge is 0.458 e. The molecule has 1 unspecified atom stereocenters. The third kappa shape index (κ3) is 3.64. The first-order valence-corrected chi connectivity index (χ1v) is 7.75. The molecule has 2 fully saturated rings. The van der Waals surface area contributed by atoms with Crippen molar-refractivity contribution in [3.8, 4) is 0 Å². The van der Waals surface area contributed by atoms with Crippen LogP contribution in [0.15, 0.2) is 0 Å². The van der Waals surface area contributed by atoms with Gasteiger partial charge >= 0.3 is 12.1 Å². The maximum absolute atomic E-state index is 11.7. The third-order valence-corrected chi connectivity index (χ3v) is 4.57. The molecule has 1 saturated heterocycles. The third-order valence-electron chi connectivity index (χ3n) is 4.57. The highest BCUT2D eigenvalue weighted by atomic mass is 16.6. The van der Waals surface area contributed by atoms with E-state index in [1.807, 2.05) is 0 Å². The lowest BCUT2D eigenvalue weighted by molar-refractivity contribution is -0.174. The minimum atomic E-state index is -0.544. The lowest BCUT2D eigenvalue weighted by atomic mass is 9.79. The van der Waals surface area contributed by atoms with Crippen LogP contribution in [-0.4, -0.2) is 30.8 Å². The zero-order valence-corrected chi connectivity index (χ0v) is 12.4. The summed E-state index contributed by atoms with van der Waals surface area (Å²) >= 11 is 0. The van der Waals surface area contributed by atoms with Gasteiger partial charge in [-0.25, -0.2) is 9.59 Å². The molecule has 0 aromatic rings. The van der Waals surface area contributed by atoms with Gasteiger partial charge in [0, 0.05) is 0 Å². The van der Waals surface area contributed by atoms with Crippen LogP contribution >= 0.6 is 0 Å². The molecule has 0 aromatic carbocycles. The number of carbonyl (C=O) groups is 2. The molecule has 3 atom stereocenters. The van der Waals surface area contributed by atoms with Gasteiger partial charge in [0.2, 0.25) is 0 Å². The zero-order chi connectivity index (χ0) is 14.5. The van der Waals surface area contributed by atoms with Gasteiger partial charge in [-0.05, 0) is 25.2 Å². The fraction of sp³-hybridized carbons (Fsp3) is 0.867. The van der Waals surface area contributed by atoms with Crippen LogP contribution in [0.4, 0.5) is 4.79 Å². The van der Waals surface area contributed by atoms with E-state index in [1.54, 1.807) is 6.92 Å². The van der Waals surface area contributed by atoms with E-state index < -0.39 is 12.1 Å². The standard InChI is InChI=1S/C15H25NO4/c1-3-11(12-7-5-4-6-8-12)9-19-15(18)16-13-10(2)20-14(13)17/h10-13H,3-9H2,1-2H3,(H,16,18)/t10-,11?,13+/m0/s1. The molecule has 0 bridgehead atoms. The molecule has 5 nitrogen and oxygen atoms in total. The average molecular weight is 283 g/mol. The van der Waals surface area contributed by atoms with Crippen molar-refractivity contribution < 1.29 is 19.1 Å². The van der Waals surface area contributed by atoms with Gasteiger partial charge in [0.25, 0.3) is 0 Å². The summed E-state index contributed by atoms with van der Waals surface area (Å²) < 4.78 is 10.1. The summed E-state index contributed by atoms with van der Waals surface area (Å²) in [7, 11) is 0. The molecule has 1 N–H and O–H groups in total. The molecule has 1 saturated carbocycles. The van der Waals surface area contributed by atoms with Crippen molar-refractivity contribution >= 4 is 12.1 Å². The van der Waals surface area contributed by atoms with Gasteiger partial charge in [-0.2, -0.15) is 0 Å². The van der Waals surface area contributed by atoms with E-state index in [9.17, 15) is 9.59 Å². The molecule has 1 heterocycles. The van der Waals surface area contributed by atoms with E-state index in [4.69, 9.17) is 9.47 Å². The van der Waals surface area contributed by atoms with Crippen molar-refractivity contribution in [1.29, 1.82) is 0 Å². The molecule has 114 valence electrons. The Morgan fingerprint density at radius 3 is 2.65 bits per heavy atom. The Bertz CT molecular complexity index is 352. The molecule has 0 spiro atoms. The van der Waals surface area contributed by atoms with Gasteiger partial charge in [0.1, 0.15) is 6.10 Å². The average Bonchev–Trinajstić information content (AvgIpc) is 2.47. The van der Waals surface area contributed by atoms with Crippen LogP contribution in [0, 0.1) is 11.8 Å². The lowest BCUT2D eigenvalue weighted by Crippen LogP contribution is -2.58. The second-order valence-corrected chi connectivity index (χ2v) is 5.93. The highest BCUT2D eigenvalue weighted by Crippen LogP contribution is 2.31. The summed E-state index contributed by atoms with van der Waals surface area (Å²) in [6, 6.07) is -0.544. The Labute approximate surface area is 120 Å². The molecule has 5 heteroatoms. The summed E-state index contributed by atoms with van der Waals surface area (Å²) in [5, 5.41) is 2.56. The van der Waals surface area contributed by atoms with E-state index in [2.05, 4.69) is 12.2 Å². The number of carbonyl (C=O) groups excluding carboxylic acids is 2. The Balaban J connectivity index is 1.72. The topological polar surface area (TPSA) is 64.6 Å². The fourth-order valence-corrected chi connectivity index (χ4v) is 3.16. The molecule has 0 radical (unpaired) electrons. The number of esters is 1. The Morgan fingerprint density at radius 2 is 2.10 bits per heavy atom. The van der Waals surface area contributed by atoms with Gasteiger partial charge < -0.3 is 14.8 Å². The maximum Gasteiger partial charge on any atom is 0.407 e. The van der Waals surface area contributed by atoms with Gasteiger partial charge in [0.05, 0.1) is 6.61 Å². The maximum atomic E-state index is 11.7. The molecule has 1 aliphatic heterocycles. The van der Waals surface area contributed by atoms with Crippen molar-refractivity contribution in [3.63, 3.8) is 0 Å². The Kier molecular flexibility index (Phi) is 5.26. The second kappa shape index (κ2) is 6.95. The molecule has 1 aliphatic carbocycles. The monoisotopic (exact) mass is 283 g/mol. The molecule has 0 aromatic heterocycles.